The smallest absolute Gasteiger partial charge is 0.248 e. The van der Waals surface area contributed by atoms with Gasteiger partial charge in [0.25, 0.3) is 0 Å². The molecule has 0 bridgehead atoms. The molecular weight excluding hydrogens is 310 g/mol. The van der Waals surface area contributed by atoms with Crippen LogP contribution in [0.3, 0.4) is 0 Å². The first kappa shape index (κ1) is 16.8. The van der Waals surface area contributed by atoms with Crippen molar-refractivity contribution in [2.75, 3.05) is 11.9 Å². The number of ether oxygens (including phenoxy) is 1. The summed E-state index contributed by atoms with van der Waals surface area (Å²) in [5, 5.41) is 5.08. The molecule has 0 unspecified atom stereocenters. The normalized spacial score (nSPS) is 10.9. The summed E-state index contributed by atoms with van der Waals surface area (Å²) >= 11 is 0. The Balaban J connectivity index is 1.75. The van der Waals surface area contributed by atoms with E-state index in [-0.39, 0.29) is 5.91 Å². The molecule has 3 rings (SSSR count). The SMILES string of the molecule is CCCOc1ccccc1/C=C/C(=O)Nc1cccc2ccccc12. The van der Waals surface area contributed by atoms with Gasteiger partial charge in [-0.05, 0) is 30.0 Å². The van der Waals surface area contributed by atoms with Crippen LogP contribution >= 0.6 is 0 Å². The first-order valence-electron chi connectivity index (χ1n) is 8.46. The predicted octanol–water partition coefficient (Wildman–Crippen LogP) is 5.28. The van der Waals surface area contributed by atoms with Gasteiger partial charge in [0.1, 0.15) is 5.75 Å². The van der Waals surface area contributed by atoms with E-state index in [9.17, 15) is 4.79 Å². The number of anilines is 1. The zero-order chi connectivity index (χ0) is 17.5. The van der Waals surface area contributed by atoms with Crippen LogP contribution in [0.5, 0.6) is 5.75 Å². The van der Waals surface area contributed by atoms with Gasteiger partial charge in [0.15, 0.2) is 0 Å². The van der Waals surface area contributed by atoms with Gasteiger partial charge >= 0.3 is 0 Å². The van der Waals surface area contributed by atoms with Crippen molar-refractivity contribution in [2.45, 2.75) is 13.3 Å². The molecule has 0 aliphatic heterocycles. The van der Waals surface area contributed by atoms with Crippen LogP contribution in [0.1, 0.15) is 18.9 Å². The van der Waals surface area contributed by atoms with Crippen molar-refractivity contribution in [1.82, 2.24) is 0 Å². The zero-order valence-corrected chi connectivity index (χ0v) is 14.2. The fourth-order valence-electron chi connectivity index (χ4n) is 2.64. The summed E-state index contributed by atoms with van der Waals surface area (Å²) < 4.78 is 5.71. The highest BCUT2D eigenvalue weighted by Gasteiger charge is 2.04. The van der Waals surface area contributed by atoms with E-state index in [2.05, 4.69) is 12.2 Å². The van der Waals surface area contributed by atoms with E-state index < -0.39 is 0 Å². The van der Waals surface area contributed by atoms with Gasteiger partial charge in [-0.3, -0.25) is 4.79 Å². The van der Waals surface area contributed by atoms with Crippen LogP contribution in [0.2, 0.25) is 0 Å². The maximum Gasteiger partial charge on any atom is 0.248 e. The zero-order valence-electron chi connectivity index (χ0n) is 14.2. The Bertz CT molecular complexity index is 894. The van der Waals surface area contributed by atoms with E-state index in [4.69, 9.17) is 4.74 Å². The molecule has 0 heterocycles. The van der Waals surface area contributed by atoms with Crippen molar-refractivity contribution in [2.24, 2.45) is 0 Å². The van der Waals surface area contributed by atoms with Crippen LogP contribution in [0.4, 0.5) is 5.69 Å². The highest BCUT2D eigenvalue weighted by atomic mass is 16.5. The molecule has 0 saturated heterocycles. The maximum absolute atomic E-state index is 12.3. The van der Waals surface area contributed by atoms with Crippen molar-refractivity contribution in [1.29, 1.82) is 0 Å². The van der Waals surface area contributed by atoms with E-state index in [1.165, 1.54) is 6.08 Å². The fraction of sp³-hybridized carbons (Fsp3) is 0.136. The number of para-hydroxylation sites is 1. The van der Waals surface area contributed by atoms with Crippen LogP contribution in [-0.4, -0.2) is 12.5 Å². The van der Waals surface area contributed by atoms with E-state index in [0.29, 0.717) is 6.61 Å². The highest BCUT2D eigenvalue weighted by Crippen LogP contribution is 2.23. The second-order valence-electron chi connectivity index (χ2n) is 5.74. The first-order chi connectivity index (χ1) is 12.3. The van der Waals surface area contributed by atoms with Crippen molar-refractivity contribution in [3.8, 4) is 5.75 Å². The molecule has 1 amide bonds. The first-order valence-corrected chi connectivity index (χ1v) is 8.46. The van der Waals surface area contributed by atoms with Gasteiger partial charge < -0.3 is 10.1 Å². The van der Waals surface area contributed by atoms with Crippen LogP contribution in [0.15, 0.2) is 72.8 Å². The molecule has 1 N–H and O–H groups in total. The van der Waals surface area contributed by atoms with Crippen molar-refractivity contribution < 1.29 is 9.53 Å². The Morgan fingerprint density at radius 2 is 1.76 bits per heavy atom. The fourth-order valence-corrected chi connectivity index (χ4v) is 2.64. The number of hydrogen-bond donors (Lipinski definition) is 1. The maximum atomic E-state index is 12.3. The number of amides is 1. The summed E-state index contributed by atoms with van der Waals surface area (Å²) in [7, 11) is 0. The summed E-state index contributed by atoms with van der Waals surface area (Å²) in [6, 6.07) is 21.6. The minimum absolute atomic E-state index is 0.165. The Morgan fingerprint density at radius 3 is 2.64 bits per heavy atom. The number of benzene rings is 3. The van der Waals surface area contributed by atoms with E-state index in [1.54, 1.807) is 6.08 Å². The molecule has 3 aromatic carbocycles. The molecule has 0 aliphatic rings. The minimum Gasteiger partial charge on any atom is -0.493 e. The van der Waals surface area contributed by atoms with Crippen molar-refractivity contribution >= 4 is 28.4 Å². The van der Waals surface area contributed by atoms with Crippen LogP contribution in [0, 0.1) is 0 Å². The second-order valence-corrected chi connectivity index (χ2v) is 5.74. The average Bonchev–Trinajstić information content (AvgIpc) is 2.65. The summed E-state index contributed by atoms with van der Waals surface area (Å²) in [5.41, 5.74) is 1.70. The van der Waals surface area contributed by atoms with Crippen molar-refractivity contribution in [3.63, 3.8) is 0 Å². The lowest BCUT2D eigenvalue weighted by Gasteiger charge is -2.08. The summed E-state index contributed by atoms with van der Waals surface area (Å²) in [6.45, 7) is 2.73. The Hall–Kier alpha value is -3.07. The van der Waals surface area contributed by atoms with Crippen molar-refractivity contribution in [3.05, 3.63) is 78.4 Å². The number of fused-ring (bicyclic) bond motifs is 1. The lowest BCUT2D eigenvalue weighted by atomic mass is 10.1. The lowest BCUT2D eigenvalue weighted by Crippen LogP contribution is -2.08. The molecule has 3 heteroatoms. The minimum atomic E-state index is -0.165. The number of carbonyl (C=O) groups excluding carboxylic acids is 1. The summed E-state index contributed by atoms with van der Waals surface area (Å²) in [6.07, 6.45) is 4.26. The van der Waals surface area contributed by atoms with Gasteiger partial charge in [-0.25, -0.2) is 0 Å². The van der Waals surface area contributed by atoms with Crippen LogP contribution in [-0.2, 0) is 4.79 Å². The highest BCUT2D eigenvalue weighted by molar-refractivity contribution is 6.07. The topological polar surface area (TPSA) is 38.3 Å². The molecule has 3 nitrogen and oxygen atoms in total. The van der Waals surface area contributed by atoms with E-state index in [0.717, 1.165) is 34.2 Å². The molecule has 0 radical (unpaired) electrons. The molecule has 0 fully saturated rings. The van der Waals surface area contributed by atoms with Gasteiger partial charge in [-0.1, -0.05) is 61.5 Å². The monoisotopic (exact) mass is 331 g/mol. The standard InChI is InChI=1S/C22H21NO2/c1-2-16-25-21-13-6-4-9-18(21)14-15-22(24)23-20-12-7-10-17-8-3-5-11-19(17)20/h3-15H,2,16H2,1H3,(H,23,24)/b15-14+. The number of hydrogen-bond acceptors (Lipinski definition) is 2. The lowest BCUT2D eigenvalue weighted by molar-refractivity contribution is -0.111. The molecule has 0 spiro atoms. The number of rotatable bonds is 6. The predicted molar refractivity (Wildman–Crippen MR) is 104 cm³/mol. The number of nitrogens with one attached hydrogen (secondary N) is 1. The Labute approximate surface area is 147 Å². The third-order valence-corrected chi connectivity index (χ3v) is 3.84. The molecular formula is C22H21NO2. The van der Waals surface area contributed by atoms with Crippen LogP contribution in [0.25, 0.3) is 16.8 Å². The molecule has 3 aromatic rings. The molecule has 126 valence electrons. The van der Waals surface area contributed by atoms with Gasteiger partial charge in [0.2, 0.25) is 5.91 Å². The molecule has 25 heavy (non-hydrogen) atoms. The molecule has 0 atom stereocenters. The molecule has 0 aliphatic carbocycles. The third-order valence-electron chi connectivity index (χ3n) is 3.84. The number of carbonyl (C=O) groups is 1. The largest absolute Gasteiger partial charge is 0.493 e. The molecule has 0 aromatic heterocycles. The van der Waals surface area contributed by atoms with Gasteiger partial charge in [-0.2, -0.15) is 0 Å². The molecule has 0 saturated carbocycles. The van der Waals surface area contributed by atoms with Crippen LogP contribution < -0.4 is 10.1 Å². The Kier molecular flexibility index (Phi) is 5.47. The summed E-state index contributed by atoms with van der Waals surface area (Å²) in [4.78, 5) is 12.3. The van der Waals surface area contributed by atoms with Gasteiger partial charge in [0, 0.05) is 22.7 Å². The Morgan fingerprint density at radius 1 is 1.00 bits per heavy atom. The quantitative estimate of drug-likeness (QED) is 0.624. The van der Waals surface area contributed by atoms with Gasteiger partial charge in [-0.15, -0.1) is 0 Å². The average molecular weight is 331 g/mol. The van der Waals surface area contributed by atoms with E-state index in [1.807, 2.05) is 66.7 Å². The van der Waals surface area contributed by atoms with Gasteiger partial charge in [0.05, 0.1) is 6.61 Å². The van der Waals surface area contributed by atoms with E-state index >= 15 is 0 Å². The third kappa shape index (κ3) is 4.27. The summed E-state index contributed by atoms with van der Waals surface area (Å²) in [5.74, 6) is 0.625. The second kappa shape index (κ2) is 8.15.